The van der Waals surface area contributed by atoms with Crippen LogP contribution in [-0.4, -0.2) is 29.5 Å². The van der Waals surface area contributed by atoms with Gasteiger partial charge in [0.15, 0.2) is 16.6 Å². The highest BCUT2D eigenvalue weighted by molar-refractivity contribution is 7.22. The number of thiazole rings is 1. The maximum Gasteiger partial charge on any atom is 0.185 e. The van der Waals surface area contributed by atoms with Gasteiger partial charge < -0.3 is 9.88 Å². The van der Waals surface area contributed by atoms with Crippen LogP contribution in [0.25, 0.3) is 10.3 Å². The fraction of sp³-hybridized carbons (Fsp3) is 0.500. The molecule has 0 bridgehead atoms. The van der Waals surface area contributed by atoms with Crippen LogP contribution in [0.2, 0.25) is 0 Å². The lowest BCUT2D eigenvalue weighted by atomic mass is 10.4. The van der Waals surface area contributed by atoms with Crippen LogP contribution in [0, 0.1) is 6.92 Å². The van der Waals surface area contributed by atoms with Gasteiger partial charge in [-0.15, -0.1) is 10.2 Å². The Morgan fingerprint density at radius 3 is 3.00 bits per heavy atom. The fourth-order valence-electron chi connectivity index (χ4n) is 2.16. The van der Waals surface area contributed by atoms with Crippen molar-refractivity contribution >= 4 is 26.8 Å². The lowest BCUT2D eigenvalue weighted by Crippen LogP contribution is -2.08. The molecule has 0 aliphatic rings. The molecule has 0 aliphatic carbocycles. The molecule has 8 heteroatoms. The molecule has 0 aliphatic heterocycles. The maximum atomic E-state index is 4.56. The largest absolute Gasteiger partial charge is 0.354 e. The third-order valence-electron chi connectivity index (χ3n) is 3.10. The molecular weight excluding hydrogens is 274 g/mol. The summed E-state index contributed by atoms with van der Waals surface area (Å²) in [7, 11) is 1.91. The second-order valence-corrected chi connectivity index (χ2v) is 5.67. The number of rotatable bonds is 5. The number of anilines is 1. The summed E-state index contributed by atoms with van der Waals surface area (Å²) in [6, 6.07) is 0. The van der Waals surface area contributed by atoms with Crippen LogP contribution in [-0.2, 0) is 20.1 Å². The minimum absolute atomic E-state index is 0.631. The Bertz CT molecular complexity index is 689. The molecule has 20 heavy (non-hydrogen) atoms. The van der Waals surface area contributed by atoms with Crippen LogP contribution in [0.1, 0.15) is 24.9 Å². The Morgan fingerprint density at radius 1 is 1.40 bits per heavy atom. The quantitative estimate of drug-likeness (QED) is 0.778. The summed E-state index contributed by atoms with van der Waals surface area (Å²) in [5, 5.41) is 16.7. The normalized spacial score (nSPS) is 11.3. The molecule has 106 valence electrons. The summed E-state index contributed by atoms with van der Waals surface area (Å²) in [5.74, 6) is 0.931. The van der Waals surface area contributed by atoms with E-state index in [1.165, 1.54) is 0 Å². The van der Waals surface area contributed by atoms with E-state index in [4.69, 9.17) is 0 Å². The van der Waals surface area contributed by atoms with E-state index in [1.54, 1.807) is 17.7 Å². The molecule has 1 N–H and O–H groups in total. The number of aromatic nitrogens is 6. The van der Waals surface area contributed by atoms with Crippen molar-refractivity contribution in [3.8, 4) is 0 Å². The summed E-state index contributed by atoms with van der Waals surface area (Å²) >= 11 is 1.62. The monoisotopic (exact) mass is 291 g/mol. The van der Waals surface area contributed by atoms with Gasteiger partial charge in [-0.3, -0.25) is 0 Å². The summed E-state index contributed by atoms with van der Waals surface area (Å²) in [6.07, 6.45) is 2.84. The van der Waals surface area contributed by atoms with Crippen molar-refractivity contribution in [3.05, 3.63) is 17.8 Å². The van der Waals surface area contributed by atoms with Gasteiger partial charge in [-0.1, -0.05) is 18.3 Å². The average Bonchev–Trinajstić information content (AvgIpc) is 3.07. The van der Waals surface area contributed by atoms with Crippen LogP contribution >= 0.6 is 11.3 Å². The Kier molecular flexibility index (Phi) is 3.39. The van der Waals surface area contributed by atoms with Gasteiger partial charge in [0.1, 0.15) is 6.33 Å². The molecule has 0 fully saturated rings. The Hall–Kier alpha value is -1.96. The number of nitrogens with zero attached hydrogens (tertiary/aromatic N) is 6. The molecule has 0 spiro atoms. The van der Waals surface area contributed by atoms with Crippen LogP contribution < -0.4 is 5.32 Å². The van der Waals surface area contributed by atoms with E-state index in [0.29, 0.717) is 6.54 Å². The molecular formula is C12H17N7S. The summed E-state index contributed by atoms with van der Waals surface area (Å²) in [5.41, 5.74) is 1.94. The fourth-order valence-corrected chi connectivity index (χ4v) is 3.09. The van der Waals surface area contributed by atoms with Crippen molar-refractivity contribution in [2.45, 2.75) is 33.4 Å². The molecule has 3 rings (SSSR count). The van der Waals surface area contributed by atoms with E-state index >= 15 is 0 Å². The van der Waals surface area contributed by atoms with Gasteiger partial charge in [0.2, 0.25) is 0 Å². The minimum atomic E-state index is 0.631. The Labute approximate surface area is 120 Å². The highest BCUT2D eigenvalue weighted by atomic mass is 32.1. The Balaban J connectivity index is 1.76. The molecule has 3 aromatic rings. The highest BCUT2D eigenvalue weighted by Gasteiger charge is 2.12. The lowest BCUT2D eigenvalue weighted by Gasteiger charge is -2.05. The van der Waals surface area contributed by atoms with E-state index in [1.807, 2.05) is 18.7 Å². The van der Waals surface area contributed by atoms with E-state index in [0.717, 1.165) is 40.0 Å². The Morgan fingerprint density at radius 2 is 2.25 bits per heavy atom. The summed E-state index contributed by atoms with van der Waals surface area (Å²) in [4.78, 5) is 4.56. The molecule has 0 atom stereocenters. The van der Waals surface area contributed by atoms with Crippen molar-refractivity contribution in [2.24, 2.45) is 7.05 Å². The third kappa shape index (κ3) is 2.26. The molecule has 0 radical (unpaired) electrons. The second kappa shape index (κ2) is 5.20. The van der Waals surface area contributed by atoms with Crippen molar-refractivity contribution in [1.82, 2.24) is 29.5 Å². The standard InChI is InChI=1S/C12H17N7S/c1-4-5-19-7-14-16-9(19)6-13-12-15-11-10(20-12)8(2)17-18(11)3/h7H,4-6H2,1-3H3,(H,13,15). The first kappa shape index (κ1) is 13.0. The molecule has 3 heterocycles. The van der Waals surface area contributed by atoms with Crippen molar-refractivity contribution in [1.29, 1.82) is 0 Å². The summed E-state index contributed by atoms with van der Waals surface area (Å²) in [6.45, 7) is 5.71. The molecule has 0 saturated carbocycles. The van der Waals surface area contributed by atoms with E-state index in [-0.39, 0.29) is 0 Å². The molecule has 0 saturated heterocycles. The topological polar surface area (TPSA) is 73.5 Å². The van der Waals surface area contributed by atoms with Gasteiger partial charge >= 0.3 is 0 Å². The zero-order valence-corrected chi connectivity index (χ0v) is 12.6. The molecule has 3 aromatic heterocycles. The zero-order chi connectivity index (χ0) is 14.1. The van der Waals surface area contributed by atoms with Crippen LogP contribution in [0.4, 0.5) is 5.13 Å². The first-order valence-electron chi connectivity index (χ1n) is 6.59. The highest BCUT2D eigenvalue weighted by Crippen LogP contribution is 2.28. The number of nitrogens with one attached hydrogen (secondary N) is 1. The number of fused-ring (bicyclic) bond motifs is 1. The van der Waals surface area contributed by atoms with Crippen molar-refractivity contribution in [2.75, 3.05) is 5.32 Å². The molecule has 0 amide bonds. The average molecular weight is 291 g/mol. The van der Waals surface area contributed by atoms with Gasteiger partial charge in [-0.25, -0.2) is 9.67 Å². The van der Waals surface area contributed by atoms with Crippen molar-refractivity contribution in [3.63, 3.8) is 0 Å². The molecule has 0 unspecified atom stereocenters. The van der Waals surface area contributed by atoms with Gasteiger partial charge in [0, 0.05) is 13.6 Å². The number of aryl methyl sites for hydroxylation is 3. The van der Waals surface area contributed by atoms with Gasteiger partial charge in [-0.2, -0.15) is 5.10 Å². The second-order valence-electron chi connectivity index (χ2n) is 4.67. The van der Waals surface area contributed by atoms with Crippen LogP contribution in [0.3, 0.4) is 0 Å². The van der Waals surface area contributed by atoms with Crippen LogP contribution in [0.5, 0.6) is 0 Å². The van der Waals surface area contributed by atoms with E-state index in [9.17, 15) is 0 Å². The minimum Gasteiger partial charge on any atom is -0.354 e. The van der Waals surface area contributed by atoms with Gasteiger partial charge in [0.05, 0.1) is 16.9 Å². The molecule has 0 aromatic carbocycles. The third-order valence-corrected chi connectivity index (χ3v) is 4.21. The van der Waals surface area contributed by atoms with E-state index < -0.39 is 0 Å². The first-order chi connectivity index (χ1) is 9.69. The van der Waals surface area contributed by atoms with Gasteiger partial charge in [0.25, 0.3) is 0 Å². The van der Waals surface area contributed by atoms with Crippen molar-refractivity contribution < 1.29 is 0 Å². The van der Waals surface area contributed by atoms with E-state index in [2.05, 4.69) is 37.1 Å². The zero-order valence-electron chi connectivity index (χ0n) is 11.8. The first-order valence-corrected chi connectivity index (χ1v) is 7.41. The molecule has 7 nitrogen and oxygen atoms in total. The number of hydrogen-bond acceptors (Lipinski definition) is 6. The maximum absolute atomic E-state index is 4.56. The lowest BCUT2D eigenvalue weighted by molar-refractivity contribution is 0.644. The predicted octanol–water partition coefficient (Wildman–Crippen LogP) is 1.95. The smallest absolute Gasteiger partial charge is 0.185 e. The summed E-state index contributed by atoms with van der Waals surface area (Å²) < 4.78 is 5.00. The SMILES string of the molecule is CCCn1cnnc1CNc1nc2c(s1)c(C)nn2C. The van der Waals surface area contributed by atoms with Crippen LogP contribution in [0.15, 0.2) is 6.33 Å². The van der Waals surface area contributed by atoms with Gasteiger partial charge in [-0.05, 0) is 13.3 Å². The predicted molar refractivity (Wildman–Crippen MR) is 78.8 cm³/mol. The number of hydrogen-bond donors (Lipinski definition) is 1.